The van der Waals surface area contributed by atoms with Gasteiger partial charge in [-0.1, -0.05) is 0 Å². The highest BCUT2D eigenvalue weighted by Gasteiger charge is 2.15. The van der Waals surface area contributed by atoms with Crippen molar-refractivity contribution in [3.8, 4) is 0 Å². The molecule has 0 aliphatic heterocycles. The Balaban J connectivity index is 2.14. The average molecular weight is 268 g/mol. The lowest BCUT2D eigenvalue weighted by Crippen LogP contribution is -2.24. The van der Waals surface area contributed by atoms with Gasteiger partial charge in [-0.05, 0) is 34.5 Å². The van der Waals surface area contributed by atoms with Crippen LogP contribution in [0.15, 0.2) is 29.0 Å². The number of carbonyl (C=O) groups is 1. The minimum Gasteiger partial charge on any atom is -0.396 e. The van der Waals surface area contributed by atoms with Crippen molar-refractivity contribution >= 4 is 22.9 Å². The fourth-order valence-corrected chi connectivity index (χ4v) is 2.11. The highest BCUT2D eigenvalue weighted by molar-refractivity contribution is 7.07. The van der Waals surface area contributed by atoms with Crippen LogP contribution in [0.1, 0.15) is 15.9 Å². The number of nitrogens with two attached hydrogens (primary N) is 1. The van der Waals surface area contributed by atoms with Crippen LogP contribution in [0.4, 0.5) is 14.5 Å². The number of amides is 1. The van der Waals surface area contributed by atoms with E-state index in [9.17, 15) is 13.6 Å². The quantitative estimate of drug-likeness (QED) is 0.840. The van der Waals surface area contributed by atoms with Gasteiger partial charge in [0.15, 0.2) is 5.82 Å². The number of rotatable bonds is 3. The molecule has 0 aliphatic rings. The van der Waals surface area contributed by atoms with Crippen molar-refractivity contribution in [3.05, 3.63) is 51.7 Å². The minimum atomic E-state index is -0.904. The molecule has 1 aromatic heterocycles. The molecule has 0 radical (unpaired) electrons. The number of anilines is 1. The van der Waals surface area contributed by atoms with Crippen molar-refractivity contribution in [1.82, 2.24) is 5.32 Å². The molecule has 0 saturated heterocycles. The van der Waals surface area contributed by atoms with Gasteiger partial charge in [0.2, 0.25) is 0 Å². The molecular formula is C12H10F2N2OS. The molecule has 18 heavy (non-hydrogen) atoms. The van der Waals surface area contributed by atoms with Gasteiger partial charge in [0.25, 0.3) is 5.91 Å². The van der Waals surface area contributed by atoms with Gasteiger partial charge in [-0.25, -0.2) is 8.78 Å². The molecule has 2 aromatic rings. The molecule has 6 heteroatoms. The molecule has 2 rings (SSSR count). The smallest absolute Gasteiger partial charge is 0.254 e. The molecule has 94 valence electrons. The summed E-state index contributed by atoms with van der Waals surface area (Å²) in [6.45, 7) is 0.262. The van der Waals surface area contributed by atoms with E-state index in [4.69, 9.17) is 5.73 Å². The van der Waals surface area contributed by atoms with Gasteiger partial charge in [0, 0.05) is 6.54 Å². The highest BCUT2D eigenvalue weighted by atomic mass is 32.1. The number of nitrogens with one attached hydrogen (secondary N) is 1. The summed E-state index contributed by atoms with van der Waals surface area (Å²) in [5, 5.41) is 6.22. The molecule has 1 amide bonds. The minimum absolute atomic E-state index is 0.262. The van der Waals surface area contributed by atoms with E-state index in [1.165, 1.54) is 11.3 Å². The van der Waals surface area contributed by atoms with Crippen molar-refractivity contribution in [2.24, 2.45) is 0 Å². The van der Waals surface area contributed by atoms with Gasteiger partial charge in [0.1, 0.15) is 5.82 Å². The highest BCUT2D eigenvalue weighted by Crippen LogP contribution is 2.17. The Kier molecular flexibility index (Phi) is 3.57. The number of hydrogen-bond donors (Lipinski definition) is 2. The summed E-state index contributed by atoms with van der Waals surface area (Å²) in [4.78, 5) is 11.7. The van der Waals surface area contributed by atoms with Gasteiger partial charge >= 0.3 is 0 Å². The standard InChI is InChI=1S/C12H10F2N2OS/c13-8-3-9(11(14)10(15)4-8)12(17)16-5-7-1-2-18-6-7/h1-4,6H,5,15H2,(H,16,17). The molecule has 0 fully saturated rings. The molecule has 0 spiro atoms. The van der Waals surface area contributed by atoms with Crippen LogP contribution in [0.25, 0.3) is 0 Å². The second kappa shape index (κ2) is 5.14. The Bertz CT molecular complexity index is 570. The van der Waals surface area contributed by atoms with Gasteiger partial charge in [-0.3, -0.25) is 4.79 Å². The summed E-state index contributed by atoms with van der Waals surface area (Å²) in [6, 6.07) is 3.50. The van der Waals surface area contributed by atoms with E-state index in [1.807, 2.05) is 16.8 Å². The van der Waals surface area contributed by atoms with Crippen LogP contribution in [-0.2, 0) is 6.54 Å². The lowest BCUT2D eigenvalue weighted by Gasteiger charge is -2.07. The van der Waals surface area contributed by atoms with Gasteiger partial charge < -0.3 is 11.1 Å². The topological polar surface area (TPSA) is 55.1 Å². The van der Waals surface area contributed by atoms with Crippen LogP contribution in [0.3, 0.4) is 0 Å². The second-order valence-corrected chi connectivity index (χ2v) is 4.45. The molecule has 0 bridgehead atoms. The summed E-state index contributed by atoms with van der Waals surface area (Å²) in [6.07, 6.45) is 0. The zero-order valence-electron chi connectivity index (χ0n) is 9.24. The first kappa shape index (κ1) is 12.5. The first-order valence-corrected chi connectivity index (χ1v) is 6.06. The van der Waals surface area contributed by atoms with E-state index in [1.54, 1.807) is 0 Å². The predicted molar refractivity (Wildman–Crippen MR) is 66.3 cm³/mol. The van der Waals surface area contributed by atoms with Crippen LogP contribution in [0, 0.1) is 11.6 Å². The zero-order valence-corrected chi connectivity index (χ0v) is 10.1. The number of nitrogen functional groups attached to an aromatic ring is 1. The number of thiophene rings is 1. The molecule has 0 atom stereocenters. The normalized spacial score (nSPS) is 10.3. The van der Waals surface area contributed by atoms with E-state index in [-0.39, 0.29) is 17.8 Å². The summed E-state index contributed by atoms with van der Waals surface area (Å²) >= 11 is 1.49. The Labute approximate surface area is 106 Å². The number of halogens is 2. The van der Waals surface area contributed by atoms with E-state index < -0.39 is 17.5 Å². The van der Waals surface area contributed by atoms with Crippen molar-refractivity contribution in [3.63, 3.8) is 0 Å². The van der Waals surface area contributed by atoms with Crippen LogP contribution in [-0.4, -0.2) is 5.91 Å². The Morgan fingerprint density at radius 3 is 2.83 bits per heavy atom. The third kappa shape index (κ3) is 2.65. The number of carbonyl (C=O) groups excluding carboxylic acids is 1. The third-order valence-corrected chi connectivity index (χ3v) is 3.08. The zero-order chi connectivity index (χ0) is 13.1. The van der Waals surface area contributed by atoms with Crippen LogP contribution in [0.5, 0.6) is 0 Å². The lowest BCUT2D eigenvalue weighted by molar-refractivity contribution is 0.0946. The van der Waals surface area contributed by atoms with Crippen molar-refractivity contribution < 1.29 is 13.6 Å². The SMILES string of the molecule is Nc1cc(F)cc(C(=O)NCc2ccsc2)c1F. The van der Waals surface area contributed by atoms with Crippen LogP contribution < -0.4 is 11.1 Å². The van der Waals surface area contributed by atoms with E-state index >= 15 is 0 Å². The molecule has 1 aromatic carbocycles. The fraction of sp³-hybridized carbons (Fsp3) is 0.0833. The molecule has 0 saturated carbocycles. The summed E-state index contributed by atoms with van der Waals surface area (Å²) in [5.41, 5.74) is 5.39. The first-order chi connectivity index (χ1) is 8.58. The lowest BCUT2D eigenvalue weighted by atomic mass is 10.1. The van der Waals surface area contributed by atoms with Crippen LogP contribution >= 0.6 is 11.3 Å². The molecule has 1 heterocycles. The maximum Gasteiger partial charge on any atom is 0.254 e. The third-order valence-electron chi connectivity index (χ3n) is 2.34. The predicted octanol–water partition coefficient (Wildman–Crippen LogP) is 2.54. The molecule has 3 nitrogen and oxygen atoms in total. The van der Waals surface area contributed by atoms with E-state index in [0.717, 1.165) is 17.7 Å². The molecule has 0 unspecified atom stereocenters. The number of hydrogen-bond acceptors (Lipinski definition) is 3. The van der Waals surface area contributed by atoms with Crippen molar-refractivity contribution in [2.45, 2.75) is 6.54 Å². The van der Waals surface area contributed by atoms with Gasteiger partial charge in [-0.15, -0.1) is 0 Å². The van der Waals surface area contributed by atoms with E-state index in [2.05, 4.69) is 5.32 Å². The second-order valence-electron chi connectivity index (χ2n) is 3.67. The maximum absolute atomic E-state index is 13.5. The monoisotopic (exact) mass is 268 g/mol. The summed E-state index contributed by atoms with van der Waals surface area (Å²) in [5.74, 6) is -2.33. The Morgan fingerprint density at radius 2 is 2.17 bits per heavy atom. The van der Waals surface area contributed by atoms with Crippen molar-refractivity contribution in [2.75, 3.05) is 5.73 Å². The van der Waals surface area contributed by atoms with Gasteiger partial charge in [0.05, 0.1) is 11.3 Å². The number of benzene rings is 1. The first-order valence-electron chi connectivity index (χ1n) is 5.11. The van der Waals surface area contributed by atoms with E-state index in [0.29, 0.717) is 0 Å². The summed E-state index contributed by atoms with van der Waals surface area (Å²) in [7, 11) is 0. The molecule has 3 N–H and O–H groups in total. The Hall–Kier alpha value is -1.95. The summed E-state index contributed by atoms with van der Waals surface area (Å²) < 4.78 is 26.6. The molecule has 0 aliphatic carbocycles. The van der Waals surface area contributed by atoms with Crippen LogP contribution in [0.2, 0.25) is 0 Å². The van der Waals surface area contributed by atoms with Crippen molar-refractivity contribution in [1.29, 1.82) is 0 Å². The average Bonchev–Trinajstić information content (AvgIpc) is 2.83. The largest absolute Gasteiger partial charge is 0.396 e. The molecular weight excluding hydrogens is 258 g/mol. The maximum atomic E-state index is 13.5. The fourth-order valence-electron chi connectivity index (χ4n) is 1.45. The van der Waals surface area contributed by atoms with Gasteiger partial charge in [-0.2, -0.15) is 11.3 Å². The Morgan fingerprint density at radius 1 is 1.39 bits per heavy atom.